The van der Waals surface area contributed by atoms with E-state index in [2.05, 4.69) is 34.3 Å². The first kappa shape index (κ1) is 26.4. The predicted molar refractivity (Wildman–Crippen MR) is 177 cm³/mol. The highest BCUT2D eigenvalue weighted by Gasteiger charge is 2.60. The van der Waals surface area contributed by atoms with Gasteiger partial charge < -0.3 is 9.97 Å². The highest BCUT2D eigenvalue weighted by molar-refractivity contribution is 6.24. The molecular weight excluding hydrogens is 604 g/mol. The van der Waals surface area contributed by atoms with Gasteiger partial charge >= 0.3 is 0 Å². The van der Waals surface area contributed by atoms with Gasteiger partial charge in [-0.05, 0) is 97.2 Å². The van der Waals surface area contributed by atoms with E-state index in [1.807, 2.05) is 54.6 Å². The number of allylic oxidation sites excluding steroid dienone is 4. The number of aromatic nitrogens is 4. The second kappa shape index (κ2) is 9.03. The van der Waals surface area contributed by atoms with Crippen molar-refractivity contribution in [2.75, 3.05) is 9.80 Å². The van der Waals surface area contributed by atoms with Crippen LogP contribution in [-0.2, 0) is 19.2 Å². The van der Waals surface area contributed by atoms with E-state index < -0.39 is 0 Å². The van der Waals surface area contributed by atoms with Gasteiger partial charge in [0.15, 0.2) is 0 Å². The standard InChI is InChI=1S/C38H28N6O4/c45-35-29-18-1-2-19(13-18)30(29)36(46)43(35)23-8-5-17(6-9-23)33-39-25-11-7-22(15-27(25)41-33)34-40-26-12-10-24(16-28(26)42-34)44-37(47)31-20-3-4-21(14-20)32(31)38(44)48/h1-12,15-16,18-21,29-32H,13-14H2,(H,39,41)(H,40,42)/t18-,19-,20-,21+,29-,30+,31-,32-/m0/s1. The molecule has 4 heterocycles. The molecule has 10 nitrogen and oxygen atoms in total. The smallest absolute Gasteiger partial charge is 0.238 e. The zero-order chi connectivity index (χ0) is 32.0. The fourth-order valence-electron chi connectivity index (χ4n) is 9.65. The number of imide groups is 2. The Kier molecular flexibility index (Phi) is 4.97. The highest BCUT2D eigenvalue weighted by Crippen LogP contribution is 2.54. The second-order valence-electron chi connectivity index (χ2n) is 14.2. The number of aromatic amines is 2. The molecule has 5 aromatic rings. The number of nitrogens with one attached hydrogen (secondary N) is 2. The Hall–Kier alpha value is -5.64. The molecule has 4 aliphatic carbocycles. The average molecular weight is 633 g/mol. The lowest BCUT2D eigenvalue weighted by Crippen LogP contribution is -2.32. The summed E-state index contributed by atoms with van der Waals surface area (Å²) in [6.07, 6.45) is 10.2. The van der Waals surface area contributed by atoms with Crippen LogP contribution in [0.1, 0.15) is 12.8 Å². The number of carbonyl (C=O) groups excluding carboxylic acids is 4. The SMILES string of the molecule is O=C1[C@@H]2[C@@H](C(=O)N1c1ccc3nc(-c4ccc5nc(-c6ccc(N7C(=O)[C@@H]8[C@H](C7=O)[C@H]7C=C[C@H]8C7)cc6)[nH]c5c4)[nH]c3c1)[C@H]1C=C[C@@H]2C1. The predicted octanol–water partition coefficient (Wildman–Crippen LogP) is 5.40. The van der Waals surface area contributed by atoms with Gasteiger partial charge in [0, 0.05) is 11.1 Å². The van der Waals surface area contributed by atoms with Gasteiger partial charge in [-0.2, -0.15) is 0 Å². The molecule has 0 spiro atoms. The molecule has 10 heteroatoms. The molecule has 0 radical (unpaired) electrons. The third-order valence-electron chi connectivity index (χ3n) is 11.8. The normalized spacial score (nSPS) is 31.1. The molecule has 2 N–H and O–H groups in total. The van der Waals surface area contributed by atoms with Crippen LogP contribution >= 0.6 is 0 Å². The van der Waals surface area contributed by atoms with Crippen LogP contribution in [0.4, 0.5) is 11.4 Å². The van der Waals surface area contributed by atoms with Crippen LogP contribution in [0.2, 0.25) is 0 Å². The molecule has 48 heavy (non-hydrogen) atoms. The maximum atomic E-state index is 13.3. The molecular formula is C38H28N6O4. The molecule has 11 rings (SSSR count). The molecule has 3 aromatic carbocycles. The number of nitrogens with zero attached hydrogens (tertiary/aromatic N) is 4. The van der Waals surface area contributed by atoms with Crippen LogP contribution < -0.4 is 9.80 Å². The van der Waals surface area contributed by atoms with E-state index in [0.29, 0.717) is 23.0 Å². The minimum atomic E-state index is -0.240. The fourth-order valence-corrected chi connectivity index (χ4v) is 9.65. The summed E-state index contributed by atoms with van der Waals surface area (Å²) in [5, 5.41) is 0. The lowest BCUT2D eigenvalue weighted by molar-refractivity contribution is -0.124. The summed E-state index contributed by atoms with van der Waals surface area (Å²) in [6.45, 7) is 0. The summed E-state index contributed by atoms with van der Waals surface area (Å²) < 4.78 is 0. The monoisotopic (exact) mass is 632 g/mol. The number of imidazole rings is 2. The van der Waals surface area contributed by atoms with Crippen LogP contribution in [0.15, 0.2) is 85.0 Å². The lowest BCUT2D eigenvalue weighted by atomic mass is 9.85. The number of rotatable bonds is 4. The van der Waals surface area contributed by atoms with E-state index in [-0.39, 0.29) is 71.0 Å². The Morgan fingerprint density at radius 2 is 0.917 bits per heavy atom. The third-order valence-corrected chi connectivity index (χ3v) is 11.8. The van der Waals surface area contributed by atoms with Crippen LogP contribution in [0.25, 0.3) is 44.8 Å². The summed E-state index contributed by atoms with van der Waals surface area (Å²) in [7, 11) is 0. The van der Waals surface area contributed by atoms with E-state index in [9.17, 15) is 19.2 Å². The molecule has 2 aromatic heterocycles. The maximum Gasteiger partial charge on any atom is 0.238 e. The van der Waals surface area contributed by atoms with Crippen molar-refractivity contribution in [1.82, 2.24) is 19.9 Å². The summed E-state index contributed by atoms with van der Waals surface area (Å²) in [4.78, 5) is 72.3. The molecule has 0 unspecified atom stereocenters. The second-order valence-corrected chi connectivity index (χ2v) is 14.2. The Bertz CT molecular complexity index is 2310. The van der Waals surface area contributed by atoms with Crippen molar-refractivity contribution in [2.24, 2.45) is 47.3 Å². The van der Waals surface area contributed by atoms with Gasteiger partial charge in [-0.1, -0.05) is 24.3 Å². The number of carbonyl (C=O) groups is 4. The van der Waals surface area contributed by atoms with E-state index in [0.717, 1.165) is 46.0 Å². The topological polar surface area (TPSA) is 132 Å². The number of H-pyrrole nitrogens is 2. The zero-order valence-electron chi connectivity index (χ0n) is 25.5. The molecule has 4 amide bonds. The van der Waals surface area contributed by atoms with E-state index in [1.165, 1.54) is 9.80 Å². The summed E-state index contributed by atoms with van der Waals surface area (Å²) in [6, 6.07) is 18.8. The van der Waals surface area contributed by atoms with Gasteiger partial charge in [-0.3, -0.25) is 24.1 Å². The lowest BCUT2D eigenvalue weighted by Gasteiger charge is -2.17. The summed E-state index contributed by atoms with van der Waals surface area (Å²) in [5.41, 5.74) is 5.97. The highest BCUT2D eigenvalue weighted by atomic mass is 16.2. The fraction of sp³-hybridized carbons (Fsp3) is 0.263. The summed E-state index contributed by atoms with van der Waals surface area (Å²) in [5.74, 6) is 0.732. The molecule has 6 aliphatic rings. The largest absolute Gasteiger partial charge is 0.338 e. The minimum absolute atomic E-state index is 0.0859. The van der Waals surface area contributed by atoms with Crippen molar-refractivity contribution >= 4 is 57.1 Å². The molecule has 4 bridgehead atoms. The van der Waals surface area contributed by atoms with Crippen LogP contribution in [0.5, 0.6) is 0 Å². The Morgan fingerprint density at radius 1 is 0.500 bits per heavy atom. The van der Waals surface area contributed by atoms with Crippen molar-refractivity contribution in [3.63, 3.8) is 0 Å². The number of amides is 4. The van der Waals surface area contributed by atoms with Crippen LogP contribution in [0.3, 0.4) is 0 Å². The zero-order valence-corrected chi connectivity index (χ0v) is 25.5. The van der Waals surface area contributed by atoms with Crippen molar-refractivity contribution in [2.45, 2.75) is 12.8 Å². The molecule has 8 atom stereocenters. The Morgan fingerprint density at radius 3 is 1.46 bits per heavy atom. The van der Waals surface area contributed by atoms with Gasteiger partial charge in [-0.25, -0.2) is 14.9 Å². The van der Waals surface area contributed by atoms with Gasteiger partial charge in [0.2, 0.25) is 23.6 Å². The average Bonchev–Trinajstić information content (AvgIpc) is 3.95. The van der Waals surface area contributed by atoms with Gasteiger partial charge in [-0.15, -0.1) is 0 Å². The Balaban J connectivity index is 0.860. The maximum absolute atomic E-state index is 13.3. The quantitative estimate of drug-likeness (QED) is 0.202. The first-order chi connectivity index (χ1) is 23.4. The molecule has 234 valence electrons. The van der Waals surface area contributed by atoms with Gasteiger partial charge in [0.25, 0.3) is 0 Å². The molecule has 4 fully saturated rings. The van der Waals surface area contributed by atoms with E-state index in [4.69, 9.17) is 9.97 Å². The molecule has 2 aliphatic heterocycles. The number of anilines is 2. The van der Waals surface area contributed by atoms with Crippen LogP contribution in [0, 0.1) is 47.3 Å². The first-order valence-electron chi connectivity index (χ1n) is 16.6. The van der Waals surface area contributed by atoms with E-state index in [1.54, 1.807) is 6.07 Å². The van der Waals surface area contributed by atoms with Crippen molar-refractivity contribution in [3.05, 3.63) is 85.0 Å². The summed E-state index contributed by atoms with van der Waals surface area (Å²) >= 11 is 0. The molecule has 2 saturated heterocycles. The van der Waals surface area contributed by atoms with Crippen LogP contribution in [-0.4, -0.2) is 43.6 Å². The Labute approximate surface area is 273 Å². The van der Waals surface area contributed by atoms with Gasteiger partial charge in [0.1, 0.15) is 11.6 Å². The number of hydrogen-bond acceptors (Lipinski definition) is 6. The number of benzene rings is 3. The van der Waals surface area contributed by atoms with Crippen molar-refractivity contribution in [1.29, 1.82) is 0 Å². The first-order valence-corrected chi connectivity index (χ1v) is 16.6. The minimum Gasteiger partial charge on any atom is -0.338 e. The number of fused-ring (bicyclic) bond motifs is 12. The van der Waals surface area contributed by atoms with Gasteiger partial charge in [0.05, 0.1) is 57.1 Å². The molecule has 2 saturated carbocycles. The number of hydrogen-bond donors (Lipinski definition) is 2. The van der Waals surface area contributed by atoms with Crippen molar-refractivity contribution < 1.29 is 19.2 Å². The third kappa shape index (κ3) is 3.36. The van der Waals surface area contributed by atoms with Crippen molar-refractivity contribution in [3.8, 4) is 22.8 Å². The van der Waals surface area contributed by atoms with E-state index >= 15 is 0 Å².